The first-order valence-electron chi connectivity index (χ1n) is 9.78. The molecule has 0 aliphatic rings. The Bertz CT molecular complexity index is 965. The average Bonchev–Trinajstić information content (AvgIpc) is 3.10. The lowest BCUT2D eigenvalue weighted by Crippen LogP contribution is -2.24. The van der Waals surface area contributed by atoms with Crippen LogP contribution in [-0.4, -0.2) is 15.7 Å². The number of nitrogens with zero attached hydrogens (tertiary/aromatic N) is 2. The standard InChI is InChI=1S/C23H26ClN3O2/c1-4-27-22(21(24)13-26-27)14-25-23(28)19-7-5-6-17(12-19)15-29-20-10-8-18(9-11-20)16(2)3/h5-13,16H,4,14-15H2,1-3H3,(H,25,28). The minimum atomic E-state index is -0.159. The molecule has 0 saturated heterocycles. The van der Waals surface area contributed by atoms with Crippen molar-refractivity contribution >= 4 is 17.5 Å². The molecular weight excluding hydrogens is 386 g/mol. The smallest absolute Gasteiger partial charge is 0.251 e. The SMILES string of the molecule is CCn1ncc(Cl)c1CNC(=O)c1cccc(COc2ccc(C(C)C)cc2)c1. The minimum absolute atomic E-state index is 0.159. The summed E-state index contributed by atoms with van der Waals surface area (Å²) in [7, 11) is 0. The fourth-order valence-electron chi connectivity index (χ4n) is 3.02. The van der Waals surface area contributed by atoms with E-state index in [0.717, 1.165) is 17.0 Å². The second kappa shape index (κ2) is 9.61. The van der Waals surface area contributed by atoms with Crippen LogP contribution >= 0.6 is 11.6 Å². The highest BCUT2D eigenvalue weighted by Gasteiger charge is 2.11. The van der Waals surface area contributed by atoms with Crippen molar-refractivity contribution in [1.29, 1.82) is 0 Å². The van der Waals surface area contributed by atoms with E-state index >= 15 is 0 Å². The van der Waals surface area contributed by atoms with Crippen molar-refractivity contribution in [2.45, 2.75) is 46.4 Å². The van der Waals surface area contributed by atoms with E-state index < -0.39 is 0 Å². The Labute approximate surface area is 176 Å². The predicted octanol–water partition coefficient (Wildman–Crippen LogP) is 5.19. The molecule has 0 aliphatic heterocycles. The Morgan fingerprint density at radius 3 is 2.66 bits per heavy atom. The van der Waals surface area contributed by atoms with Crippen molar-refractivity contribution in [3.63, 3.8) is 0 Å². The molecule has 0 unspecified atom stereocenters. The van der Waals surface area contributed by atoms with Gasteiger partial charge in [0.15, 0.2) is 0 Å². The van der Waals surface area contributed by atoms with Gasteiger partial charge < -0.3 is 10.1 Å². The predicted molar refractivity (Wildman–Crippen MR) is 115 cm³/mol. The summed E-state index contributed by atoms with van der Waals surface area (Å²) in [6.45, 7) is 7.73. The third-order valence-corrected chi connectivity index (χ3v) is 5.07. The van der Waals surface area contributed by atoms with Gasteiger partial charge in [-0.2, -0.15) is 5.10 Å². The van der Waals surface area contributed by atoms with Gasteiger partial charge >= 0.3 is 0 Å². The minimum Gasteiger partial charge on any atom is -0.489 e. The largest absolute Gasteiger partial charge is 0.489 e. The van der Waals surface area contributed by atoms with E-state index in [-0.39, 0.29) is 5.91 Å². The molecule has 6 heteroatoms. The highest BCUT2D eigenvalue weighted by molar-refractivity contribution is 6.31. The Morgan fingerprint density at radius 2 is 1.97 bits per heavy atom. The molecule has 0 atom stereocenters. The van der Waals surface area contributed by atoms with E-state index in [1.54, 1.807) is 16.9 Å². The lowest BCUT2D eigenvalue weighted by molar-refractivity contribution is 0.0949. The first kappa shape index (κ1) is 20.9. The van der Waals surface area contributed by atoms with Crippen LogP contribution in [0, 0.1) is 0 Å². The maximum absolute atomic E-state index is 12.6. The topological polar surface area (TPSA) is 56.2 Å². The molecule has 3 aromatic rings. The molecule has 0 fully saturated rings. The van der Waals surface area contributed by atoms with Crippen molar-refractivity contribution in [2.75, 3.05) is 0 Å². The fraction of sp³-hybridized carbons (Fsp3) is 0.304. The van der Waals surface area contributed by atoms with Gasteiger partial charge in [-0.25, -0.2) is 0 Å². The number of nitrogens with one attached hydrogen (secondary N) is 1. The number of carbonyl (C=O) groups excluding carboxylic acids is 1. The zero-order valence-electron chi connectivity index (χ0n) is 17.0. The van der Waals surface area contributed by atoms with E-state index in [4.69, 9.17) is 16.3 Å². The van der Waals surface area contributed by atoms with Gasteiger partial charge in [0.25, 0.3) is 5.91 Å². The lowest BCUT2D eigenvalue weighted by atomic mass is 10.0. The molecule has 29 heavy (non-hydrogen) atoms. The molecule has 0 radical (unpaired) electrons. The van der Waals surface area contributed by atoms with Crippen LogP contribution in [-0.2, 0) is 19.7 Å². The molecule has 1 heterocycles. The van der Waals surface area contributed by atoms with Crippen LogP contribution in [0.1, 0.15) is 53.9 Å². The highest BCUT2D eigenvalue weighted by atomic mass is 35.5. The monoisotopic (exact) mass is 411 g/mol. The van der Waals surface area contributed by atoms with E-state index in [9.17, 15) is 4.79 Å². The normalized spacial score (nSPS) is 10.9. The van der Waals surface area contributed by atoms with E-state index in [0.29, 0.717) is 36.2 Å². The third kappa shape index (κ3) is 5.39. The van der Waals surface area contributed by atoms with Gasteiger partial charge in [0.05, 0.1) is 23.5 Å². The fourth-order valence-corrected chi connectivity index (χ4v) is 3.23. The Balaban J connectivity index is 1.59. The second-order valence-corrected chi connectivity index (χ2v) is 7.56. The molecule has 1 amide bonds. The molecule has 5 nitrogen and oxygen atoms in total. The van der Waals surface area contributed by atoms with Crippen LogP contribution in [0.2, 0.25) is 5.02 Å². The van der Waals surface area contributed by atoms with Crippen LogP contribution < -0.4 is 10.1 Å². The van der Waals surface area contributed by atoms with Crippen LogP contribution in [0.15, 0.2) is 54.7 Å². The first-order valence-corrected chi connectivity index (χ1v) is 10.2. The molecule has 2 aromatic carbocycles. The van der Waals surface area contributed by atoms with Crippen molar-refractivity contribution in [3.8, 4) is 5.75 Å². The van der Waals surface area contributed by atoms with Gasteiger partial charge in [-0.15, -0.1) is 0 Å². The molecule has 0 spiro atoms. The maximum atomic E-state index is 12.6. The molecule has 0 saturated carbocycles. The van der Waals surface area contributed by atoms with Gasteiger partial charge in [-0.05, 0) is 48.2 Å². The lowest BCUT2D eigenvalue weighted by Gasteiger charge is -2.11. The van der Waals surface area contributed by atoms with Gasteiger partial charge in [0.2, 0.25) is 0 Å². The van der Waals surface area contributed by atoms with E-state index in [1.807, 2.05) is 37.3 Å². The summed E-state index contributed by atoms with van der Waals surface area (Å²) >= 11 is 6.15. The zero-order chi connectivity index (χ0) is 20.8. The van der Waals surface area contributed by atoms with E-state index in [1.165, 1.54) is 5.56 Å². The summed E-state index contributed by atoms with van der Waals surface area (Å²) in [5.41, 5.74) is 3.59. The van der Waals surface area contributed by atoms with Crippen LogP contribution in [0.3, 0.4) is 0 Å². The third-order valence-electron chi connectivity index (χ3n) is 4.76. The number of benzene rings is 2. The highest BCUT2D eigenvalue weighted by Crippen LogP contribution is 2.20. The van der Waals surface area contributed by atoms with Crippen LogP contribution in [0.25, 0.3) is 0 Å². The number of rotatable bonds is 8. The number of aryl methyl sites for hydroxylation is 1. The number of ether oxygens (including phenoxy) is 1. The maximum Gasteiger partial charge on any atom is 0.251 e. The van der Waals surface area contributed by atoms with Gasteiger partial charge in [-0.3, -0.25) is 9.48 Å². The summed E-state index contributed by atoms with van der Waals surface area (Å²) in [6, 6.07) is 15.6. The second-order valence-electron chi connectivity index (χ2n) is 7.15. The summed E-state index contributed by atoms with van der Waals surface area (Å²) in [5.74, 6) is 1.14. The van der Waals surface area contributed by atoms with E-state index in [2.05, 4.69) is 36.4 Å². The summed E-state index contributed by atoms with van der Waals surface area (Å²) in [6.07, 6.45) is 1.60. The number of halogens is 1. The Kier molecular flexibility index (Phi) is 6.94. The number of hydrogen-bond donors (Lipinski definition) is 1. The van der Waals surface area contributed by atoms with Gasteiger partial charge in [0.1, 0.15) is 12.4 Å². The molecule has 0 bridgehead atoms. The van der Waals surface area contributed by atoms with Crippen molar-refractivity contribution in [3.05, 3.63) is 82.1 Å². The molecule has 1 aromatic heterocycles. The summed E-state index contributed by atoms with van der Waals surface area (Å²) in [4.78, 5) is 12.6. The summed E-state index contributed by atoms with van der Waals surface area (Å²) < 4.78 is 7.64. The molecule has 3 rings (SSSR count). The molecule has 152 valence electrons. The number of amides is 1. The zero-order valence-corrected chi connectivity index (χ0v) is 17.7. The number of aromatic nitrogens is 2. The van der Waals surface area contributed by atoms with Crippen molar-refractivity contribution < 1.29 is 9.53 Å². The quantitative estimate of drug-likeness (QED) is 0.555. The molecule has 0 aliphatic carbocycles. The van der Waals surface area contributed by atoms with Crippen molar-refractivity contribution in [2.24, 2.45) is 0 Å². The Morgan fingerprint density at radius 1 is 1.21 bits per heavy atom. The van der Waals surface area contributed by atoms with Crippen LogP contribution in [0.5, 0.6) is 5.75 Å². The van der Waals surface area contributed by atoms with Gasteiger partial charge in [0, 0.05) is 12.1 Å². The molecule has 1 N–H and O–H groups in total. The average molecular weight is 412 g/mol. The molecular formula is C23H26ClN3O2. The summed E-state index contributed by atoms with van der Waals surface area (Å²) in [5, 5.41) is 7.65. The Hall–Kier alpha value is -2.79. The first-order chi connectivity index (χ1) is 14.0. The van der Waals surface area contributed by atoms with Crippen molar-refractivity contribution in [1.82, 2.24) is 15.1 Å². The number of carbonyl (C=O) groups is 1. The van der Waals surface area contributed by atoms with Crippen LogP contribution in [0.4, 0.5) is 0 Å². The number of hydrogen-bond acceptors (Lipinski definition) is 3. The van der Waals surface area contributed by atoms with Gasteiger partial charge in [-0.1, -0.05) is 49.7 Å².